The van der Waals surface area contributed by atoms with Crippen LogP contribution in [-0.2, 0) is 9.53 Å². The molecule has 14 heavy (non-hydrogen) atoms. The van der Waals surface area contributed by atoms with Crippen LogP contribution in [0.1, 0.15) is 47.5 Å². The van der Waals surface area contributed by atoms with Crippen molar-refractivity contribution in [1.29, 1.82) is 0 Å². The van der Waals surface area contributed by atoms with Crippen molar-refractivity contribution in [2.45, 2.75) is 53.1 Å². The van der Waals surface area contributed by atoms with Crippen LogP contribution in [0.4, 0.5) is 0 Å². The van der Waals surface area contributed by atoms with Gasteiger partial charge in [-0.25, -0.2) is 0 Å². The summed E-state index contributed by atoms with van der Waals surface area (Å²) in [6.45, 7) is 10.3. The van der Waals surface area contributed by atoms with Gasteiger partial charge in [0.15, 0.2) is 0 Å². The second-order valence-electron chi connectivity index (χ2n) is 5.44. The van der Waals surface area contributed by atoms with Crippen LogP contribution < -0.4 is 0 Å². The number of rotatable bonds is 4. The average molecular weight is 218 g/mol. The van der Waals surface area contributed by atoms with Crippen LogP contribution in [0.25, 0.3) is 0 Å². The summed E-state index contributed by atoms with van der Waals surface area (Å²) in [5.41, 5.74) is -0.205. The van der Waals surface area contributed by atoms with E-state index >= 15 is 0 Å². The Morgan fingerprint density at radius 3 is 2.07 bits per heavy atom. The fourth-order valence-corrected chi connectivity index (χ4v) is 1.95. The van der Waals surface area contributed by atoms with Gasteiger partial charge in [-0.1, -0.05) is 20.8 Å². The molecule has 2 nitrogen and oxygen atoms in total. The summed E-state index contributed by atoms with van der Waals surface area (Å²) in [7, 11) is 0. The lowest BCUT2D eigenvalue weighted by Gasteiger charge is -2.32. The van der Waals surface area contributed by atoms with Crippen LogP contribution >= 0.6 is 12.6 Å². The predicted octanol–water partition coefficient (Wildman–Crippen LogP) is 3.06. The maximum absolute atomic E-state index is 11.3. The minimum atomic E-state index is -0.377. The van der Waals surface area contributed by atoms with Crippen LogP contribution in [0.3, 0.4) is 0 Å². The molecule has 0 atom stereocenters. The molecule has 0 aliphatic rings. The third-order valence-corrected chi connectivity index (χ3v) is 1.89. The second kappa shape index (κ2) is 5.06. The van der Waals surface area contributed by atoms with Crippen molar-refractivity contribution in [3.8, 4) is 0 Å². The lowest BCUT2D eigenvalue weighted by atomic mass is 9.83. The zero-order valence-electron chi connectivity index (χ0n) is 9.89. The Labute approximate surface area is 92.8 Å². The summed E-state index contributed by atoms with van der Waals surface area (Å²) in [5.74, 6) is 0.388. The fourth-order valence-electron chi connectivity index (χ4n) is 1.76. The van der Waals surface area contributed by atoms with Crippen LogP contribution in [0.5, 0.6) is 0 Å². The molecule has 0 fully saturated rings. The number of carbonyl (C=O) groups excluding carboxylic acids is 1. The Balaban J connectivity index is 4.13. The first-order valence-corrected chi connectivity index (χ1v) is 5.62. The minimum Gasteiger partial charge on any atom is -0.460 e. The van der Waals surface area contributed by atoms with E-state index in [1.165, 1.54) is 0 Å². The molecule has 0 saturated heterocycles. The van der Waals surface area contributed by atoms with E-state index in [1.807, 2.05) is 13.8 Å². The van der Waals surface area contributed by atoms with E-state index in [-0.39, 0.29) is 17.0 Å². The Morgan fingerprint density at radius 2 is 1.71 bits per heavy atom. The molecule has 0 aromatic carbocycles. The number of esters is 1. The summed E-state index contributed by atoms with van der Waals surface area (Å²) >= 11 is 4.00. The van der Waals surface area contributed by atoms with E-state index in [1.54, 1.807) is 0 Å². The zero-order valence-corrected chi connectivity index (χ0v) is 10.8. The summed E-state index contributed by atoms with van der Waals surface area (Å²) in [4.78, 5) is 11.3. The second-order valence-corrected chi connectivity index (χ2v) is 5.89. The third-order valence-electron chi connectivity index (χ3n) is 1.66. The SMILES string of the molecule is CC(C)(C)CC(C)(C)OC(=O)CCS. The molecule has 0 N–H and O–H groups in total. The first-order valence-electron chi connectivity index (χ1n) is 4.99. The third kappa shape index (κ3) is 7.25. The maximum Gasteiger partial charge on any atom is 0.307 e. The Bertz CT molecular complexity index is 192. The van der Waals surface area contributed by atoms with Crippen molar-refractivity contribution in [3.63, 3.8) is 0 Å². The Hall–Kier alpha value is -0.180. The highest BCUT2D eigenvalue weighted by Crippen LogP contribution is 2.29. The molecule has 0 heterocycles. The number of hydrogen-bond donors (Lipinski definition) is 1. The normalized spacial score (nSPS) is 12.7. The Morgan fingerprint density at radius 1 is 1.21 bits per heavy atom. The van der Waals surface area contributed by atoms with Gasteiger partial charge in [-0.3, -0.25) is 4.79 Å². The summed E-state index contributed by atoms with van der Waals surface area (Å²) < 4.78 is 5.37. The van der Waals surface area contributed by atoms with E-state index in [9.17, 15) is 4.79 Å². The largest absolute Gasteiger partial charge is 0.460 e. The molecule has 0 saturated carbocycles. The summed E-state index contributed by atoms with van der Waals surface area (Å²) in [5, 5.41) is 0. The monoisotopic (exact) mass is 218 g/mol. The minimum absolute atomic E-state index is 0.158. The van der Waals surface area contributed by atoms with Crippen molar-refractivity contribution in [1.82, 2.24) is 0 Å². The maximum atomic E-state index is 11.3. The standard InChI is InChI=1S/C11H22O2S/c1-10(2,3)8-11(4,5)13-9(12)6-7-14/h14H,6-8H2,1-5H3. The van der Waals surface area contributed by atoms with Gasteiger partial charge in [0.05, 0.1) is 6.42 Å². The molecule has 0 aliphatic carbocycles. The quantitative estimate of drug-likeness (QED) is 0.580. The van der Waals surface area contributed by atoms with Gasteiger partial charge in [0.1, 0.15) is 5.60 Å². The van der Waals surface area contributed by atoms with Crippen molar-refractivity contribution in [2.24, 2.45) is 5.41 Å². The van der Waals surface area contributed by atoms with E-state index in [4.69, 9.17) is 4.74 Å². The van der Waals surface area contributed by atoms with Gasteiger partial charge in [0.2, 0.25) is 0 Å². The van der Waals surface area contributed by atoms with Gasteiger partial charge in [0.25, 0.3) is 0 Å². The lowest BCUT2D eigenvalue weighted by molar-refractivity contribution is -0.158. The molecule has 0 unspecified atom stereocenters. The molecule has 0 radical (unpaired) electrons. The number of ether oxygens (including phenoxy) is 1. The highest BCUT2D eigenvalue weighted by atomic mass is 32.1. The van der Waals surface area contributed by atoms with Gasteiger partial charge < -0.3 is 4.74 Å². The molecule has 0 aliphatic heterocycles. The summed E-state index contributed by atoms with van der Waals surface area (Å²) in [6, 6.07) is 0. The number of hydrogen-bond acceptors (Lipinski definition) is 3. The Kier molecular flexibility index (Phi) is 4.99. The first kappa shape index (κ1) is 13.8. The zero-order chi connectivity index (χ0) is 11.4. The predicted molar refractivity (Wildman–Crippen MR) is 62.7 cm³/mol. The molecule has 84 valence electrons. The van der Waals surface area contributed by atoms with Crippen molar-refractivity contribution in [2.75, 3.05) is 5.75 Å². The molecule has 0 amide bonds. The average Bonchev–Trinajstić information content (AvgIpc) is 1.78. The molecule has 0 spiro atoms. The van der Waals surface area contributed by atoms with Gasteiger partial charge in [-0.15, -0.1) is 0 Å². The van der Waals surface area contributed by atoms with E-state index in [0.717, 1.165) is 6.42 Å². The molecule has 0 rings (SSSR count). The highest BCUT2D eigenvalue weighted by Gasteiger charge is 2.28. The number of carbonyl (C=O) groups is 1. The van der Waals surface area contributed by atoms with Crippen LogP contribution in [-0.4, -0.2) is 17.3 Å². The van der Waals surface area contributed by atoms with Crippen molar-refractivity contribution in [3.05, 3.63) is 0 Å². The topological polar surface area (TPSA) is 26.3 Å². The smallest absolute Gasteiger partial charge is 0.307 e. The van der Waals surface area contributed by atoms with Gasteiger partial charge in [0, 0.05) is 5.75 Å². The van der Waals surface area contributed by atoms with E-state index in [2.05, 4.69) is 33.4 Å². The summed E-state index contributed by atoms with van der Waals surface area (Å²) in [6.07, 6.45) is 1.25. The molecular weight excluding hydrogens is 196 g/mol. The van der Waals surface area contributed by atoms with Crippen LogP contribution in [0.15, 0.2) is 0 Å². The molecule has 0 aromatic rings. The van der Waals surface area contributed by atoms with Gasteiger partial charge in [-0.05, 0) is 25.7 Å². The highest BCUT2D eigenvalue weighted by molar-refractivity contribution is 7.80. The van der Waals surface area contributed by atoms with Crippen LogP contribution in [0, 0.1) is 5.41 Å². The molecule has 0 bridgehead atoms. The van der Waals surface area contributed by atoms with Gasteiger partial charge in [-0.2, -0.15) is 12.6 Å². The first-order chi connectivity index (χ1) is 6.16. The lowest BCUT2D eigenvalue weighted by Crippen LogP contribution is -2.32. The number of thiol groups is 1. The van der Waals surface area contributed by atoms with E-state index in [0.29, 0.717) is 12.2 Å². The van der Waals surface area contributed by atoms with Crippen molar-refractivity contribution >= 4 is 18.6 Å². The molecule has 0 aromatic heterocycles. The molecular formula is C11H22O2S. The van der Waals surface area contributed by atoms with Gasteiger partial charge >= 0.3 is 5.97 Å². The van der Waals surface area contributed by atoms with Crippen molar-refractivity contribution < 1.29 is 9.53 Å². The van der Waals surface area contributed by atoms with E-state index < -0.39 is 0 Å². The van der Waals surface area contributed by atoms with Crippen LogP contribution in [0.2, 0.25) is 0 Å². The molecule has 3 heteroatoms. The fraction of sp³-hybridized carbons (Fsp3) is 0.909.